The molecule has 5 rings (SSSR count). The molecule has 0 spiro atoms. The van der Waals surface area contributed by atoms with E-state index in [1.54, 1.807) is 12.1 Å². The molecule has 0 fully saturated rings. The van der Waals surface area contributed by atoms with E-state index in [0.29, 0.717) is 39.8 Å². The Morgan fingerprint density at radius 2 is 1.65 bits per heavy atom. The largest absolute Gasteiger partial charge is 0.380 e. The zero-order chi connectivity index (χ0) is 24.7. The van der Waals surface area contributed by atoms with Crippen LogP contribution in [0.2, 0.25) is 0 Å². The summed E-state index contributed by atoms with van der Waals surface area (Å²) in [6.07, 6.45) is 2.61. The molecule has 5 aromatic rings. The van der Waals surface area contributed by atoms with Gasteiger partial charge in [0.05, 0.1) is 17.6 Å². The molecule has 0 amide bonds. The van der Waals surface area contributed by atoms with Crippen LogP contribution in [0.15, 0.2) is 65.5 Å². The van der Waals surface area contributed by atoms with Gasteiger partial charge in [-0.25, -0.2) is 14.4 Å². The number of imidazole rings is 1. The second-order valence-electron chi connectivity index (χ2n) is 6.59. The Balaban J connectivity index is 0.000000771. The number of halogens is 2. The number of alkyl halides is 1. The third kappa shape index (κ3) is 4.92. The molecule has 34 heavy (non-hydrogen) atoms. The predicted octanol–water partition coefficient (Wildman–Crippen LogP) is 6.65. The highest BCUT2D eigenvalue weighted by Crippen LogP contribution is 2.32. The summed E-state index contributed by atoms with van der Waals surface area (Å²) in [6, 6.07) is 14.3. The molecule has 4 aromatic heterocycles. The van der Waals surface area contributed by atoms with Crippen molar-refractivity contribution in [3.8, 4) is 28.5 Å². The number of hydrogen-bond acceptors (Lipinski definition) is 6. The molecule has 0 aliphatic carbocycles. The molecule has 0 saturated carbocycles. The van der Waals surface area contributed by atoms with Crippen molar-refractivity contribution < 1.29 is 8.91 Å². The summed E-state index contributed by atoms with van der Waals surface area (Å²) in [4.78, 5) is 13.6. The molecule has 0 atom stereocenters. The summed E-state index contributed by atoms with van der Waals surface area (Å²) in [7, 11) is 0. The number of benzene rings is 1. The molecule has 1 aromatic carbocycles. The van der Waals surface area contributed by atoms with Crippen molar-refractivity contribution in [3.05, 3.63) is 72.4 Å². The summed E-state index contributed by atoms with van der Waals surface area (Å²) in [5.41, 5.74) is 10.7. The molecule has 176 valence electrons. The van der Waals surface area contributed by atoms with Crippen LogP contribution in [0.3, 0.4) is 0 Å². The molecule has 0 saturated heterocycles. The number of rotatable bonds is 4. The van der Waals surface area contributed by atoms with Gasteiger partial charge in [0.15, 0.2) is 17.3 Å². The quantitative estimate of drug-likeness (QED) is 0.289. The van der Waals surface area contributed by atoms with Gasteiger partial charge < -0.3 is 10.3 Å². The van der Waals surface area contributed by atoms with E-state index in [4.69, 9.17) is 31.8 Å². The topological polar surface area (TPSA) is 95.7 Å². The van der Waals surface area contributed by atoms with Gasteiger partial charge in [-0.1, -0.05) is 45.0 Å². The van der Waals surface area contributed by atoms with Gasteiger partial charge in [-0.15, -0.1) is 11.6 Å². The van der Waals surface area contributed by atoms with Gasteiger partial charge in [0, 0.05) is 11.6 Å². The third-order valence-corrected chi connectivity index (χ3v) is 4.99. The molecule has 2 N–H and O–H groups in total. The Bertz CT molecular complexity index is 1350. The molecule has 9 heteroatoms. The zero-order valence-corrected chi connectivity index (χ0v) is 20.2. The van der Waals surface area contributed by atoms with Crippen molar-refractivity contribution in [1.82, 2.24) is 24.7 Å². The first kappa shape index (κ1) is 24.9. The second kappa shape index (κ2) is 11.4. The minimum absolute atomic E-state index is 0.226. The number of nitrogen functional groups attached to an aromatic ring is 1. The Morgan fingerprint density at radius 3 is 2.24 bits per heavy atom. The highest BCUT2D eigenvalue weighted by molar-refractivity contribution is 6.17. The highest BCUT2D eigenvalue weighted by atomic mass is 35.5. The summed E-state index contributed by atoms with van der Waals surface area (Å²) in [5, 5.41) is 3.76. The van der Waals surface area contributed by atoms with Crippen LogP contribution in [0.1, 0.15) is 33.3 Å². The number of nitrogens with two attached hydrogens (primary N) is 1. The molecule has 0 unspecified atom stereocenters. The van der Waals surface area contributed by atoms with Crippen LogP contribution in [-0.2, 0) is 5.88 Å². The molecule has 0 radical (unpaired) electrons. The minimum Gasteiger partial charge on any atom is -0.380 e. The maximum absolute atomic E-state index is 13.3. The Kier molecular flexibility index (Phi) is 8.32. The van der Waals surface area contributed by atoms with E-state index in [9.17, 15) is 4.39 Å². The highest BCUT2D eigenvalue weighted by Gasteiger charge is 2.20. The van der Waals surface area contributed by atoms with Gasteiger partial charge in [-0.2, -0.15) is 0 Å². The van der Waals surface area contributed by atoms with E-state index in [-0.39, 0.29) is 5.82 Å². The summed E-state index contributed by atoms with van der Waals surface area (Å²) in [5.74, 6) is 0.771. The van der Waals surface area contributed by atoms with Crippen LogP contribution in [0, 0.1) is 5.82 Å². The van der Waals surface area contributed by atoms with Gasteiger partial charge in [0.1, 0.15) is 23.2 Å². The molecular weight excluding hydrogens is 455 g/mol. The first-order chi connectivity index (χ1) is 16.6. The average Bonchev–Trinajstić information content (AvgIpc) is 3.49. The van der Waals surface area contributed by atoms with Crippen molar-refractivity contribution in [1.29, 1.82) is 0 Å². The maximum atomic E-state index is 13.3. The van der Waals surface area contributed by atoms with E-state index in [1.807, 2.05) is 62.6 Å². The normalized spacial score (nSPS) is 10.3. The van der Waals surface area contributed by atoms with E-state index < -0.39 is 5.82 Å². The van der Waals surface area contributed by atoms with Crippen molar-refractivity contribution in [3.63, 3.8) is 0 Å². The molecule has 4 heterocycles. The van der Waals surface area contributed by atoms with Crippen LogP contribution in [-0.4, -0.2) is 24.7 Å². The van der Waals surface area contributed by atoms with Crippen molar-refractivity contribution >= 4 is 28.6 Å². The first-order valence-electron chi connectivity index (χ1n) is 11.0. The number of aromatic nitrogens is 5. The van der Waals surface area contributed by atoms with Crippen LogP contribution >= 0.6 is 11.6 Å². The lowest BCUT2D eigenvalue weighted by Gasteiger charge is -2.09. The lowest BCUT2D eigenvalue weighted by atomic mass is 10.2. The molecular formula is C25H26ClFN6O. The van der Waals surface area contributed by atoms with Crippen LogP contribution in [0.4, 0.5) is 10.2 Å². The fourth-order valence-electron chi connectivity index (χ4n) is 3.20. The van der Waals surface area contributed by atoms with E-state index in [2.05, 4.69) is 10.1 Å². The van der Waals surface area contributed by atoms with Crippen molar-refractivity contribution in [2.75, 3.05) is 5.73 Å². The van der Waals surface area contributed by atoms with Gasteiger partial charge >= 0.3 is 0 Å². The Hall–Kier alpha value is -3.78. The lowest BCUT2D eigenvalue weighted by molar-refractivity contribution is 0.423. The van der Waals surface area contributed by atoms with E-state index >= 15 is 0 Å². The molecule has 0 aliphatic heterocycles. The Morgan fingerprint density at radius 1 is 0.941 bits per heavy atom. The van der Waals surface area contributed by atoms with Crippen LogP contribution in [0.25, 0.3) is 39.6 Å². The number of hydrogen-bond donors (Lipinski definition) is 1. The van der Waals surface area contributed by atoms with Gasteiger partial charge in [-0.3, -0.25) is 9.55 Å². The predicted molar refractivity (Wildman–Crippen MR) is 134 cm³/mol. The standard InChI is InChI=1S/C21H14ClFN6O.2C2H6/c22-9-12-1-4-14(5-2-12)29-20(15-11-30-28-19(15)24)27-18-8-7-17(26-21(18)29)16-6-3-13(23)10-25-16;2*1-2/h1-8,10-11H,9H2,(H2,24,28);2*1-2H3. The lowest BCUT2D eigenvalue weighted by Crippen LogP contribution is -2.01. The number of fused-ring (bicyclic) bond motifs is 1. The van der Waals surface area contributed by atoms with Gasteiger partial charge in [0.2, 0.25) is 0 Å². The Labute approximate surface area is 202 Å². The number of anilines is 1. The third-order valence-electron chi connectivity index (χ3n) is 4.68. The average molecular weight is 481 g/mol. The number of pyridine rings is 2. The summed E-state index contributed by atoms with van der Waals surface area (Å²) >= 11 is 5.93. The fourth-order valence-corrected chi connectivity index (χ4v) is 3.38. The second-order valence-corrected chi connectivity index (χ2v) is 6.85. The fraction of sp³-hybridized carbons (Fsp3) is 0.200. The van der Waals surface area contributed by atoms with Gasteiger partial charge in [0.25, 0.3) is 0 Å². The molecule has 0 aliphatic rings. The first-order valence-corrected chi connectivity index (χ1v) is 11.5. The smallest absolute Gasteiger partial charge is 0.177 e. The maximum Gasteiger partial charge on any atom is 0.177 e. The molecule has 7 nitrogen and oxygen atoms in total. The SMILES string of the molecule is CC.CC.Nc1nocc1-c1nc2ccc(-c3ccc(F)cn3)nc2n1-c1ccc(CCl)cc1. The summed E-state index contributed by atoms with van der Waals surface area (Å²) < 4.78 is 20.1. The van der Waals surface area contributed by atoms with Crippen LogP contribution < -0.4 is 5.73 Å². The van der Waals surface area contributed by atoms with Crippen LogP contribution in [0.5, 0.6) is 0 Å². The summed E-state index contributed by atoms with van der Waals surface area (Å²) in [6.45, 7) is 8.00. The number of nitrogens with zero attached hydrogens (tertiary/aromatic N) is 5. The minimum atomic E-state index is -0.408. The zero-order valence-electron chi connectivity index (χ0n) is 19.5. The molecule has 0 bridgehead atoms. The van der Waals surface area contributed by atoms with Gasteiger partial charge in [-0.05, 0) is 42.0 Å². The van der Waals surface area contributed by atoms with E-state index in [0.717, 1.165) is 17.4 Å². The van der Waals surface area contributed by atoms with Crippen molar-refractivity contribution in [2.45, 2.75) is 33.6 Å². The van der Waals surface area contributed by atoms with Crippen molar-refractivity contribution in [2.24, 2.45) is 0 Å². The monoisotopic (exact) mass is 480 g/mol. The van der Waals surface area contributed by atoms with E-state index in [1.165, 1.54) is 12.3 Å².